The smallest absolute Gasteiger partial charge is 0.243 e. The van der Waals surface area contributed by atoms with Crippen molar-refractivity contribution in [3.8, 4) is 0 Å². The minimum Gasteiger partial charge on any atom is -0.325 e. The van der Waals surface area contributed by atoms with Gasteiger partial charge in [-0.05, 0) is 61.2 Å². The van der Waals surface area contributed by atoms with E-state index >= 15 is 0 Å². The maximum Gasteiger partial charge on any atom is 0.243 e. The van der Waals surface area contributed by atoms with Crippen molar-refractivity contribution in [3.05, 3.63) is 102 Å². The Morgan fingerprint density at radius 3 is 2.42 bits per heavy atom. The molecule has 6 nitrogen and oxygen atoms in total. The van der Waals surface area contributed by atoms with Gasteiger partial charge in [0.05, 0.1) is 5.52 Å². The first-order valence-corrected chi connectivity index (χ1v) is 12.1. The van der Waals surface area contributed by atoms with E-state index in [0.29, 0.717) is 16.6 Å². The summed E-state index contributed by atoms with van der Waals surface area (Å²) in [7, 11) is -4.03. The molecule has 0 aliphatic rings. The zero-order valence-corrected chi connectivity index (χ0v) is 19.3. The fourth-order valence-corrected chi connectivity index (χ4v) is 5.00. The van der Waals surface area contributed by atoms with Crippen molar-refractivity contribution in [3.63, 3.8) is 0 Å². The molecule has 0 fully saturated rings. The molecule has 0 aliphatic carbocycles. The van der Waals surface area contributed by atoms with Gasteiger partial charge in [0, 0.05) is 17.3 Å². The summed E-state index contributed by atoms with van der Waals surface area (Å²) in [4.78, 5) is 17.5. The van der Waals surface area contributed by atoms with Gasteiger partial charge >= 0.3 is 0 Å². The van der Waals surface area contributed by atoms with Crippen molar-refractivity contribution in [2.75, 3.05) is 5.32 Å². The Morgan fingerprint density at radius 1 is 0.909 bits per heavy atom. The van der Waals surface area contributed by atoms with Crippen molar-refractivity contribution < 1.29 is 13.2 Å². The molecule has 0 saturated heterocycles. The van der Waals surface area contributed by atoms with E-state index < -0.39 is 22.0 Å². The van der Waals surface area contributed by atoms with Gasteiger partial charge in [0.25, 0.3) is 0 Å². The van der Waals surface area contributed by atoms with E-state index in [1.165, 1.54) is 6.07 Å². The Kier molecular flexibility index (Phi) is 6.53. The highest BCUT2D eigenvalue weighted by Crippen LogP contribution is 2.22. The van der Waals surface area contributed by atoms with Crippen LogP contribution in [0.3, 0.4) is 0 Å². The second-order valence-corrected chi connectivity index (χ2v) is 9.67. The highest BCUT2D eigenvalue weighted by molar-refractivity contribution is 7.89. The molecular weight excluding hydrogens is 434 g/mol. The molecule has 168 valence electrons. The monoisotopic (exact) mass is 459 g/mol. The van der Waals surface area contributed by atoms with Crippen LogP contribution in [0, 0.1) is 13.8 Å². The molecule has 3 aromatic carbocycles. The number of sulfonamides is 1. The van der Waals surface area contributed by atoms with Gasteiger partial charge in [0.2, 0.25) is 15.9 Å². The maximum atomic E-state index is 13.4. The van der Waals surface area contributed by atoms with E-state index in [4.69, 9.17) is 0 Å². The lowest BCUT2D eigenvalue weighted by atomic mass is 10.1. The molecule has 1 amide bonds. The Balaban J connectivity index is 1.66. The highest BCUT2D eigenvalue weighted by atomic mass is 32.2. The predicted molar refractivity (Wildman–Crippen MR) is 131 cm³/mol. The zero-order valence-electron chi connectivity index (χ0n) is 18.4. The topological polar surface area (TPSA) is 88.2 Å². The van der Waals surface area contributed by atoms with Crippen molar-refractivity contribution in [1.82, 2.24) is 9.71 Å². The quantitative estimate of drug-likeness (QED) is 0.429. The third-order valence-corrected chi connectivity index (χ3v) is 7.06. The number of pyridine rings is 1. The first-order valence-electron chi connectivity index (χ1n) is 10.6. The van der Waals surface area contributed by atoms with Crippen molar-refractivity contribution in [2.24, 2.45) is 0 Å². The van der Waals surface area contributed by atoms with Crippen molar-refractivity contribution in [2.45, 2.75) is 31.2 Å². The molecule has 1 atom stereocenters. The van der Waals surface area contributed by atoms with E-state index in [-0.39, 0.29) is 11.3 Å². The summed E-state index contributed by atoms with van der Waals surface area (Å²) in [5.74, 6) is -0.432. The number of benzene rings is 3. The number of anilines is 1. The number of para-hydroxylation sites is 1. The largest absolute Gasteiger partial charge is 0.325 e. The molecule has 1 aromatic heterocycles. The second kappa shape index (κ2) is 9.52. The fourth-order valence-electron chi connectivity index (χ4n) is 3.63. The fraction of sp³-hybridized carbons (Fsp3) is 0.154. The highest BCUT2D eigenvalue weighted by Gasteiger charge is 2.28. The third kappa shape index (κ3) is 5.27. The average molecular weight is 460 g/mol. The lowest BCUT2D eigenvalue weighted by Gasteiger charge is -2.19. The number of rotatable bonds is 7. The van der Waals surface area contributed by atoms with Gasteiger partial charge in [-0.15, -0.1) is 0 Å². The number of carbonyl (C=O) groups excluding carboxylic acids is 1. The average Bonchev–Trinajstić information content (AvgIpc) is 2.81. The SMILES string of the molecule is Cc1ccc(NC(=O)[C@@H](Cc2ccccc2)NS(=O)(=O)c2cccc3cccnc23)cc1C. The molecule has 7 heteroatoms. The molecule has 4 aromatic rings. The van der Waals surface area contributed by atoms with Crippen LogP contribution < -0.4 is 10.0 Å². The number of fused-ring (bicyclic) bond motifs is 1. The van der Waals surface area contributed by atoms with Crippen LogP contribution in [0.25, 0.3) is 10.9 Å². The van der Waals surface area contributed by atoms with Gasteiger partial charge in [0.15, 0.2) is 0 Å². The maximum absolute atomic E-state index is 13.4. The normalized spacial score (nSPS) is 12.4. The number of nitrogens with one attached hydrogen (secondary N) is 2. The molecular formula is C26H25N3O3S. The second-order valence-electron chi connectivity index (χ2n) is 7.98. The summed E-state index contributed by atoms with van der Waals surface area (Å²) >= 11 is 0. The lowest BCUT2D eigenvalue weighted by molar-refractivity contribution is -0.117. The van der Waals surface area contributed by atoms with Crippen LogP contribution in [0.15, 0.2) is 90.0 Å². The Bertz CT molecular complexity index is 1400. The molecule has 0 bridgehead atoms. The number of aromatic nitrogens is 1. The molecule has 1 heterocycles. The molecule has 0 saturated carbocycles. The molecule has 33 heavy (non-hydrogen) atoms. The Hall–Kier alpha value is -3.55. The van der Waals surface area contributed by atoms with Crippen LogP contribution in [0.5, 0.6) is 0 Å². The van der Waals surface area contributed by atoms with Gasteiger partial charge < -0.3 is 5.32 Å². The molecule has 0 spiro atoms. The minimum absolute atomic E-state index is 0.0395. The first-order chi connectivity index (χ1) is 15.8. The summed E-state index contributed by atoms with van der Waals surface area (Å²) in [5, 5.41) is 3.57. The molecule has 0 aliphatic heterocycles. The van der Waals surface area contributed by atoms with Gasteiger partial charge in [0.1, 0.15) is 10.9 Å². The summed E-state index contributed by atoms with van der Waals surface area (Å²) in [5.41, 5.74) is 3.97. The van der Waals surface area contributed by atoms with Crippen LogP contribution >= 0.6 is 0 Å². The molecule has 0 unspecified atom stereocenters. The van der Waals surface area contributed by atoms with Crippen LogP contribution in [0.1, 0.15) is 16.7 Å². The summed E-state index contributed by atoms with van der Waals surface area (Å²) in [6.45, 7) is 3.95. The Labute approximate surface area is 193 Å². The summed E-state index contributed by atoms with van der Waals surface area (Å²) in [6, 6.07) is 22.4. The van der Waals surface area contributed by atoms with Crippen LogP contribution in [-0.2, 0) is 21.2 Å². The number of amides is 1. The van der Waals surface area contributed by atoms with E-state index in [1.807, 2.05) is 62.4 Å². The lowest BCUT2D eigenvalue weighted by Crippen LogP contribution is -2.45. The van der Waals surface area contributed by atoms with Gasteiger partial charge in [-0.25, -0.2) is 8.42 Å². The standard InChI is InChI=1S/C26H25N3O3S/c1-18-13-14-22(16-19(18)2)28-26(30)23(17-20-8-4-3-5-9-20)29-33(31,32)24-12-6-10-21-11-7-15-27-25(21)24/h3-16,23,29H,17H2,1-2H3,(H,28,30)/t23-/m1/s1. The van der Waals surface area contributed by atoms with E-state index in [2.05, 4.69) is 15.0 Å². The third-order valence-electron chi connectivity index (χ3n) is 5.56. The van der Waals surface area contributed by atoms with E-state index in [9.17, 15) is 13.2 Å². The van der Waals surface area contributed by atoms with Crippen LogP contribution in [-0.4, -0.2) is 25.4 Å². The minimum atomic E-state index is -4.03. The van der Waals surface area contributed by atoms with Gasteiger partial charge in [-0.1, -0.05) is 54.6 Å². The van der Waals surface area contributed by atoms with Gasteiger partial charge in [-0.3, -0.25) is 9.78 Å². The summed E-state index contributed by atoms with van der Waals surface area (Å²) in [6.07, 6.45) is 1.75. The molecule has 2 N–H and O–H groups in total. The Morgan fingerprint density at radius 2 is 1.67 bits per heavy atom. The zero-order chi connectivity index (χ0) is 23.4. The van der Waals surface area contributed by atoms with E-state index in [0.717, 1.165) is 16.7 Å². The van der Waals surface area contributed by atoms with E-state index in [1.54, 1.807) is 30.5 Å². The predicted octanol–water partition coefficient (Wildman–Crippen LogP) is 4.38. The summed E-state index contributed by atoms with van der Waals surface area (Å²) < 4.78 is 29.4. The number of hydrogen-bond acceptors (Lipinski definition) is 4. The van der Waals surface area contributed by atoms with Crippen LogP contribution in [0.2, 0.25) is 0 Å². The number of aryl methyl sites for hydroxylation is 2. The molecule has 0 radical (unpaired) electrons. The van der Waals surface area contributed by atoms with Crippen molar-refractivity contribution in [1.29, 1.82) is 0 Å². The van der Waals surface area contributed by atoms with Crippen LogP contribution in [0.4, 0.5) is 5.69 Å². The number of nitrogens with zero attached hydrogens (tertiary/aromatic N) is 1. The number of carbonyl (C=O) groups is 1. The first kappa shape index (κ1) is 22.6. The molecule has 4 rings (SSSR count). The van der Waals surface area contributed by atoms with Gasteiger partial charge in [-0.2, -0.15) is 4.72 Å². The van der Waals surface area contributed by atoms with Crippen molar-refractivity contribution >= 4 is 32.5 Å². The number of hydrogen-bond donors (Lipinski definition) is 2.